The van der Waals surface area contributed by atoms with E-state index in [1.165, 1.54) is 4.90 Å². The summed E-state index contributed by atoms with van der Waals surface area (Å²) < 4.78 is 40.1. The van der Waals surface area contributed by atoms with E-state index in [0.29, 0.717) is 0 Å². The third-order valence-corrected chi connectivity index (χ3v) is 3.83. The van der Waals surface area contributed by atoms with Gasteiger partial charge in [-0.15, -0.1) is 0 Å². The molecule has 124 valence electrons. The third-order valence-electron chi connectivity index (χ3n) is 3.83. The largest absolute Gasteiger partial charge is 0.417 e. The number of aromatic nitrogens is 2. The van der Waals surface area contributed by atoms with Gasteiger partial charge < -0.3 is 15.3 Å². The van der Waals surface area contributed by atoms with E-state index in [2.05, 4.69) is 10.4 Å². The molecule has 0 saturated carbocycles. The molecule has 0 bridgehead atoms. The van der Waals surface area contributed by atoms with Gasteiger partial charge in [-0.1, -0.05) is 0 Å². The molecule has 2 rings (SSSR count). The first kappa shape index (κ1) is 16.6. The van der Waals surface area contributed by atoms with Gasteiger partial charge in [0, 0.05) is 44.9 Å². The SMILES string of the molecule is Cn1cc(CNC(=O)N2CCCC(O)(C(F)(F)F)CC2)cn1. The molecule has 2 amide bonds. The molecule has 1 aromatic rings. The van der Waals surface area contributed by atoms with Crippen molar-refractivity contribution in [1.82, 2.24) is 20.0 Å². The average molecular weight is 320 g/mol. The minimum absolute atomic E-state index is 0.107. The number of carbonyl (C=O) groups is 1. The van der Waals surface area contributed by atoms with Crippen LogP contribution in [-0.4, -0.2) is 50.7 Å². The summed E-state index contributed by atoms with van der Waals surface area (Å²) in [5.41, 5.74) is -1.90. The van der Waals surface area contributed by atoms with Crippen molar-refractivity contribution in [2.24, 2.45) is 7.05 Å². The summed E-state index contributed by atoms with van der Waals surface area (Å²) in [6.07, 6.45) is -2.11. The molecule has 0 aliphatic carbocycles. The van der Waals surface area contributed by atoms with E-state index in [0.717, 1.165) is 5.56 Å². The van der Waals surface area contributed by atoms with E-state index in [4.69, 9.17) is 0 Å². The quantitative estimate of drug-likeness (QED) is 0.865. The van der Waals surface area contributed by atoms with E-state index in [1.54, 1.807) is 24.1 Å². The molecular weight excluding hydrogens is 301 g/mol. The van der Waals surface area contributed by atoms with Crippen LogP contribution in [0.2, 0.25) is 0 Å². The Kier molecular flexibility index (Phi) is 4.64. The average Bonchev–Trinajstić information content (AvgIpc) is 2.72. The fourth-order valence-electron chi connectivity index (χ4n) is 2.46. The Morgan fingerprint density at radius 1 is 1.45 bits per heavy atom. The Morgan fingerprint density at radius 3 is 2.77 bits per heavy atom. The van der Waals surface area contributed by atoms with Crippen LogP contribution in [0.4, 0.5) is 18.0 Å². The Bertz CT molecular complexity index is 532. The summed E-state index contributed by atoms with van der Waals surface area (Å²) in [4.78, 5) is 13.3. The van der Waals surface area contributed by atoms with Crippen LogP contribution in [0.5, 0.6) is 0 Å². The van der Waals surface area contributed by atoms with Gasteiger partial charge in [-0.05, 0) is 12.8 Å². The highest BCUT2D eigenvalue weighted by molar-refractivity contribution is 5.74. The second-order valence-corrected chi connectivity index (χ2v) is 5.55. The molecule has 0 spiro atoms. The standard InChI is InChI=1S/C13H19F3N4O2/c1-19-9-10(8-18-19)7-17-11(21)20-5-2-3-12(22,4-6-20)13(14,15)16/h8-9,22H,2-7H2,1H3,(H,17,21). The molecule has 1 aliphatic heterocycles. The molecule has 2 N–H and O–H groups in total. The zero-order valence-electron chi connectivity index (χ0n) is 12.2. The molecule has 1 unspecified atom stereocenters. The van der Waals surface area contributed by atoms with Crippen molar-refractivity contribution in [1.29, 1.82) is 0 Å². The number of alkyl halides is 3. The third kappa shape index (κ3) is 3.70. The van der Waals surface area contributed by atoms with Crippen LogP contribution in [0.3, 0.4) is 0 Å². The molecule has 2 heterocycles. The fraction of sp³-hybridized carbons (Fsp3) is 0.692. The van der Waals surface area contributed by atoms with E-state index in [-0.39, 0.29) is 32.5 Å². The number of rotatable bonds is 2. The number of hydrogen-bond acceptors (Lipinski definition) is 3. The summed E-state index contributed by atoms with van der Waals surface area (Å²) in [5.74, 6) is 0. The number of aliphatic hydroxyl groups is 1. The summed E-state index contributed by atoms with van der Waals surface area (Å²) in [6.45, 7) is 0.318. The number of likely N-dealkylation sites (tertiary alicyclic amines) is 1. The van der Waals surface area contributed by atoms with Crippen LogP contribution >= 0.6 is 0 Å². The lowest BCUT2D eigenvalue weighted by molar-refractivity contribution is -0.263. The maximum Gasteiger partial charge on any atom is 0.417 e. The smallest absolute Gasteiger partial charge is 0.380 e. The minimum Gasteiger partial charge on any atom is -0.380 e. The maximum absolute atomic E-state index is 12.8. The molecule has 1 aliphatic rings. The lowest BCUT2D eigenvalue weighted by Gasteiger charge is -2.29. The first-order valence-corrected chi connectivity index (χ1v) is 7.01. The van der Waals surface area contributed by atoms with Gasteiger partial charge in [-0.25, -0.2) is 4.79 Å². The molecule has 1 aromatic heterocycles. The van der Waals surface area contributed by atoms with Gasteiger partial charge in [0.15, 0.2) is 5.60 Å². The second-order valence-electron chi connectivity index (χ2n) is 5.55. The lowest BCUT2D eigenvalue weighted by atomic mass is 9.94. The number of carbonyl (C=O) groups excluding carboxylic acids is 1. The van der Waals surface area contributed by atoms with Crippen LogP contribution in [-0.2, 0) is 13.6 Å². The van der Waals surface area contributed by atoms with Crippen molar-refractivity contribution in [2.75, 3.05) is 13.1 Å². The molecular formula is C13H19F3N4O2. The molecule has 1 fully saturated rings. The van der Waals surface area contributed by atoms with E-state index >= 15 is 0 Å². The Morgan fingerprint density at radius 2 is 2.18 bits per heavy atom. The van der Waals surface area contributed by atoms with E-state index in [1.807, 2.05) is 0 Å². The molecule has 0 aromatic carbocycles. The number of hydrogen-bond donors (Lipinski definition) is 2. The normalized spacial score (nSPS) is 23.2. The van der Waals surface area contributed by atoms with E-state index in [9.17, 15) is 23.1 Å². The number of halogens is 3. The summed E-state index contributed by atoms with van der Waals surface area (Å²) in [5, 5.41) is 16.3. The minimum atomic E-state index is -4.67. The predicted molar refractivity (Wildman–Crippen MR) is 71.9 cm³/mol. The van der Waals surface area contributed by atoms with Crippen molar-refractivity contribution >= 4 is 6.03 Å². The van der Waals surface area contributed by atoms with Crippen molar-refractivity contribution in [3.8, 4) is 0 Å². The molecule has 6 nitrogen and oxygen atoms in total. The zero-order chi connectivity index (χ0) is 16.4. The summed E-state index contributed by atoms with van der Waals surface area (Å²) in [7, 11) is 1.75. The van der Waals surface area contributed by atoms with Crippen LogP contribution in [0.15, 0.2) is 12.4 Å². The molecule has 0 radical (unpaired) electrons. The van der Waals surface area contributed by atoms with Gasteiger partial charge in [0.05, 0.1) is 6.20 Å². The van der Waals surface area contributed by atoms with Crippen molar-refractivity contribution < 1.29 is 23.1 Å². The maximum atomic E-state index is 12.8. The Hall–Kier alpha value is -1.77. The number of amides is 2. The molecule has 1 atom stereocenters. The Balaban J connectivity index is 1.89. The monoisotopic (exact) mass is 320 g/mol. The van der Waals surface area contributed by atoms with Gasteiger partial charge in [0.25, 0.3) is 0 Å². The van der Waals surface area contributed by atoms with Crippen LogP contribution in [0.25, 0.3) is 0 Å². The number of nitrogens with one attached hydrogen (secondary N) is 1. The second kappa shape index (κ2) is 6.15. The number of aryl methyl sites for hydroxylation is 1. The number of nitrogens with zero attached hydrogens (tertiary/aromatic N) is 3. The highest BCUT2D eigenvalue weighted by Gasteiger charge is 2.53. The van der Waals surface area contributed by atoms with Crippen molar-refractivity contribution in [3.63, 3.8) is 0 Å². The van der Waals surface area contributed by atoms with Crippen molar-refractivity contribution in [3.05, 3.63) is 18.0 Å². The molecule has 1 saturated heterocycles. The Labute approximate surface area is 125 Å². The topological polar surface area (TPSA) is 70.4 Å². The van der Waals surface area contributed by atoms with Crippen molar-refractivity contribution in [2.45, 2.75) is 37.6 Å². The lowest BCUT2D eigenvalue weighted by Crippen LogP contribution is -2.46. The predicted octanol–water partition coefficient (Wildman–Crippen LogP) is 1.41. The van der Waals surface area contributed by atoms with Gasteiger partial charge in [0.1, 0.15) is 0 Å². The van der Waals surface area contributed by atoms with Crippen LogP contribution in [0, 0.1) is 0 Å². The molecule has 22 heavy (non-hydrogen) atoms. The summed E-state index contributed by atoms with van der Waals surface area (Å²) in [6, 6.07) is -0.435. The first-order chi connectivity index (χ1) is 10.2. The highest BCUT2D eigenvalue weighted by Crippen LogP contribution is 2.38. The van der Waals surface area contributed by atoms with Gasteiger partial charge in [-0.3, -0.25) is 4.68 Å². The fourth-order valence-corrected chi connectivity index (χ4v) is 2.46. The molecule has 9 heteroatoms. The van der Waals surface area contributed by atoms with Crippen LogP contribution in [0.1, 0.15) is 24.8 Å². The number of urea groups is 1. The first-order valence-electron chi connectivity index (χ1n) is 7.01. The van der Waals surface area contributed by atoms with E-state index < -0.39 is 24.2 Å². The van der Waals surface area contributed by atoms with Gasteiger partial charge in [0.2, 0.25) is 0 Å². The van der Waals surface area contributed by atoms with Gasteiger partial charge >= 0.3 is 12.2 Å². The van der Waals surface area contributed by atoms with Gasteiger partial charge in [-0.2, -0.15) is 18.3 Å². The zero-order valence-corrected chi connectivity index (χ0v) is 12.2. The summed E-state index contributed by atoms with van der Waals surface area (Å²) >= 11 is 0. The highest BCUT2D eigenvalue weighted by atomic mass is 19.4. The van der Waals surface area contributed by atoms with Crippen LogP contribution < -0.4 is 5.32 Å².